The molecule has 1 aromatic heterocycles. The van der Waals surface area contributed by atoms with Gasteiger partial charge in [0.1, 0.15) is 0 Å². The van der Waals surface area contributed by atoms with E-state index >= 15 is 0 Å². The van der Waals surface area contributed by atoms with Crippen LogP contribution in [-0.4, -0.2) is 9.55 Å². The van der Waals surface area contributed by atoms with Crippen molar-refractivity contribution >= 4 is 12.2 Å². The average molecular weight is 218 g/mol. The van der Waals surface area contributed by atoms with Gasteiger partial charge in [0.15, 0.2) is 4.77 Å². The maximum absolute atomic E-state index is 5.28. The summed E-state index contributed by atoms with van der Waals surface area (Å²) in [5.41, 5.74) is 4.82. The number of aromatic nitrogens is 2. The first-order valence-corrected chi connectivity index (χ1v) is 5.35. The number of H-pyrrole nitrogens is 1. The number of rotatable bonds is 1. The molecule has 1 aromatic carbocycles. The lowest BCUT2D eigenvalue weighted by atomic mass is 10.1. The Labute approximate surface area is 94.6 Å². The zero-order valence-electron chi connectivity index (χ0n) is 9.16. The summed E-state index contributed by atoms with van der Waals surface area (Å²) in [4.78, 5) is 3.07. The van der Waals surface area contributed by atoms with E-state index in [1.54, 1.807) is 0 Å². The minimum Gasteiger partial charge on any atom is -0.337 e. The first-order valence-electron chi connectivity index (χ1n) is 4.95. The molecule has 0 fully saturated rings. The van der Waals surface area contributed by atoms with Crippen LogP contribution in [0.2, 0.25) is 0 Å². The van der Waals surface area contributed by atoms with Crippen molar-refractivity contribution in [2.45, 2.75) is 20.8 Å². The number of aromatic amines is 1. The summed E-state index contributed by atoms with van der Waals surface area (Å²) in [6, 6.07) is 6.28. The maximum atomic E-state index is 5.28. The first-order chi connectivity index (χ1) is 7.11. The van der Waals surface area contributed by atoms with Crippen molar-refractivity contribution in [2.24, 2.45) is 0 Å². The van der Waals surface area contributed by atoms with E-state index in [9.17, 15) is 0 Å². The van der Waals surface area contributed by atoms with Gasteiger partial charge in [-0.1, -0.05) is 18.2 Å². The Hall–Kier alpha value is -1.35. The van der Waals surface area contributed by atoms with Crippen molar-refractivity contribution in [3.63, 3.8) is 0 Å². The van der Waals surface area contributed by atoms with Crippen LogP contribution in [0.15, 0.2) is 24.4 Å². The largest absolute Gasteiger partial charge is 0.337 e. The van der Waals surface area contributed by atoms with E-state index in [1.807, 2.05) is 6.20 Å². The van der Waals surface area contributed by atoms with Crippen molar-refractivity contribution in [2.75, 3.05) is 0 Å². The molecule has 0 aliphatic heterocycles. The fraction of sp³-hybridized carbons (Fsp3) is 0.250. The van der Waals surface area contributed by atoms with Gasteiger partial charge in [0, 0.05) is 11.9 Å². The van der Waals surface area contributed by atoms with E-state index in [2.05, 4.69) is 48.5 Å². The van der Waals surface area contributed by atoms with Crippen LogP contribution in [-0.2, 0) is 0 Å². The molecule has 2 rings (SSSR count). The number of nitrogens with zero attached hydrogens (tertiary/aromatic N) is 1. The molecule has 1 heterocycles. The fourth-order valence-electron chi connectivity index (χ4n) is 1.89. The average Bonchev–Trinajstić information content (AvgIpc) is 2.49. The summed E-state index contributed by atoms with van der Waals surface area (Å²) in [5, 5.41) is 0. The van der Waals surface area contributed by atoms with Gasteiger partial charge >= 0.3 is 0 Å². The van der Waals surface area contributed by atoms with Crippen LogP contribution < -0.4 is 0 Å². The van der Waals surface area contributed by atoms with E-state index in [0.29, 0.717) is 0 Å². The molecule has 0 radical (unpaired) electrons. The van der Waals surface area contributed by atoms with Crippen LogP contribution in [0.25, 0.3) is 5.69 Å². The molecule has 15 heavy (non-hydrogen) atoms. The highest BCUT2D eigenvalue weighted by Crippen LogP contribution is 2.20. The zero-order valence-corrected chi connectivity index (χ0v) is 9.98. The van der Waals surface area contributed by atoms with E-state index in [0.717, 1.165) is 10.5 Å². The lowest BCUT2D eigenvalue weighted by molar-refractivity contribution is 0.961. The van der Waals surface area contributed by atoms with Crippen LogP contribution in [0, 0.1) is 25.5 Å². The Morgan fingerprint density at radius 1 is 1.13 bits per heavy atom. The summed E-state index contributed by atoms with van der Waals surface area (Å²) < 4.78 is 2.84. The van der Waals surface area contributed by atoms with Gasteiger partial charge in [-0.05, 0) is 44.1 Å². The quantitative estimate of drug-likeness (QED) is 0.727. The minimum absolute atomic E-state index is 0.755. The molecule has 2 aromatic rings. The highest BCUT2D eigenvalue weighted by atomic mass is 32.1. The van der Waals surface area contributed by atoms with Gasteiger partial charge < -0.3 is 4.98 Å². The Morgan fingerprint density at radius 3 is 2.20 bits per heavy atom. The minimum atomic E-state index is 0.755. The monoisotopic (exact) mass is 218 g/mol. The Kier molecular flexibility index (Phi) is 2.49. The van der Waals surface area contributed by atoms with Crippen molar-refractivity contribution < 1.29 is 0 Å². The van der Waals surface area contributed by atoms with Crippen molar-refractivity contribution in [3.8, 4) is 5.69 Å². The standard InChI is InChI=1S/C12H14N2S/c1-8-5-4-6-9(2)11(8)14-10(3)7-13-12(14)15/h4-7H,1-3H3,(H,13,15). The van der Waals surface area contributed by atoms with Gasteiger partial charge in [-0.25, -0.2) is 0 Å². The van der Waals surface area contributed by atoms with Crippen molar-refractivity contribution in [1.82, 2.24) is 9.55 Å². The Bertz CT molecular complexity index is 529. The first kappa shape index (κ1) is 10.2. The van der Waals surface area contributed by atoms with Crippen LogP contribution in [0.4, 0.5) is 0 Å². The molecule has 2 nitrogen and oxygen atoms in total. The summed E-state index contributed by atoms with van der Waals surface area (Å²) in [6.07, 6.45) is 1.94. The number of para-hydroxylation sites is 1. The zero-order chi connectivity index (χ0) is 11.0. The van der Waals surface area contributed by atoms with Gasteiger partial charge in [0.2, 0.25) is 0 Å². The van der Waals surface area contributed by atoms with Crippen LogP contribution in [0.1, 0.15) is 16.8 Å². The smallest absolute Gasteiger partial charge is 0.182 e. The molecule has 3 heteroatoms. The summed E-state index contributed by atoms with van der Waals surface area (Å²) in [6.45, 7) is 6.27. The SMILES string of the molecule is Cc1cccc(C)c1-n1c(C)c[nH]c1=S. The number of hydrogen-bond acceptors (Lipinski definition) is 1. The second kappa shape index (κ2) is 3.66. The van der Waals surface area contributed by atoms with Crippen molar-refractivity contribution in [1.29, 1.82) is 0 Å². The van der Waals surface area contributed by atoms with E-state index < -0.39 is 0 Å². The number of imidazole rings is 1. The number of benzene rings is 1. The topological polar surface area (TPSA) is 20.7 Å². The molecule has 1 N–H and O–H groups in total. The third-order valence-corrected chi connectivity index (χ3v) is 2.92. The second-order valence-corrected chi connectivity index (χ2v) is 4.20. The van der Waals surface area contributed by atoms with Gasteiger partial charge in [0.05, 0.1) is 5.69 Å². The van der Waals surface area contributed by atoms with E-state index in [1.165, 1.54) is 16.8 Å². The van der Waals surface area contributed by atoms with Crippen molar-refractivity contribution in [3.05, 3.63) is 46.0 Å². The van der Waals surface area contributed by atoms with E-state index in [4.69, 9.17) is 12.2 Å². The Balaban J connectivity index is 2.80. The molecular weight excluding hydrogens is 204 g/mol. The van der Waals surface area contributed by atoms with Gasteiger partial charge in [-0.2, -0.15) is 0 Å². The van der Waals surface area contributed by atoms with Crippen LogP contribution >= 0.6 is 12.2 Å². The molecule has 0 aliphatic rings. The van der Waals surface area contributed by atoms with Crippen LogP contribution in [0.3, 0.4) is 0 Å². The number of aryl methyl sites for hydroxylation is 3. The molecule has 0 unspecified atom stereocenters. The molecular formula is C12H14N2S. The molecule has 0 saturated carbocycles. The number of hydrogen-bond donors (Lipinski definition) is 1. The molecule has 0 bridgehead atoms. The Morgan fingerprint density at radius 2 is 1.73 bits per heavy atom. The lowest BCUT2D eigenvalue weighted by Crippen LogP contribution is -2.01. The molecule has 0 aliphatic carbocycles. The van der Waals surface area contributed by atoms with Gasteiger partial charge in [-0.15, -0.1) is 0 Å². The number of nitrogens with one attached hydrogen (secondary N) is 1. The summed E-state index contributed by atoms with van der Waals surface area (Å²) in [7, 11) is 0. The van der Waals surface area contributed by atoms with Crippen LogP contribution in [0.5, 0.6) is 0 Å². The highest BCUT2D eigenvalue weighted by molar-refractivity contribution is 7.71. The lowest BCUT2D eigenvalue weighted by Gasteiger charge is -2.12. The van der Waals surface area contributed by atoms with E-state index in [-0.39, 0.29) is 0 Å². The molecule has 0 spiro atoms. The maximum Gasteiger partial charge on any atom is 0.182 e. The highest BCUT2D eigenvalue weighted by Gasteiger charge is 2.07. The molecule has 0 amide bonds. The predicted octanol–water partition coefficient (Wildman–Crippen LogP) is 3.46. The summed E-state index contributed by atoms with van der Waals surface area (Å²) in [5.74, 6) is 0. The van der Waals surface area contributed by atoms with Gasteiger partial charge in [0.25, 0.3) is 0 Å². The van der Waals surface area contributed by atoms with Gasteiger partial charge in [-0.3, -0.25) is 4.57 Å². The third kappa shape index (κ3) is 1.63. The third-order valence-electron chi connectivity index (χ3n) is 2.62. The second-order valence-electron chi connectivity index (χ2n) is 3.81. The molecule has 0 atom stereocenters. The predicted molar refractivity (Wildman–Crippen MR) is 65.2 cm³/mol. The molecule has 0 saturated heterocycles. The normalized spacial score (nSPS) is 10.6. The summed E-state index contributed by atoms with van der Waals surface area (Å²) >= 11 is 5.28. The fourth-order valence-corrected chi connectivity index (χ4v) is 2.19. The molecule has 78 valence electrons.